The molecule has 3 aromatic rings. The quantitative estimate of drug-likeness (QED) is 0.494. The van der Waals surface area contributed by atoms with Gasteiger partial charge in [-0.2, -0.15) is 0 Å². The fourth-order valence-corrected chi connectivity index (χ4v) is 2.18. The lowest BCUT2D eigenvalue weighted by atomic mass is 10.1. The molecule has 0 radical (unpaired) electrons. The van der Waals surface area contributed by atoms with E-state index in [9.17, 15) is 19.2 Å². The summed E-state index contributed by atoms with van der Waals surface area (Å²) >= 11 is 0. The van der Waals surface area contributed by atoms with E-state index in [-0.39, 0.29) is 11.1 Å². The molecule has 0 saturated carbocycles. The first-order valence-corrected chi connectivity index (χ1v) is 8.49. The summed E-state index contributed by atoms with van der Waals surface area (Å²) in [5, 5.41) is 17.1. The molecule has 0 aliphatic carbocycles. The van der Waals surface area contributed by atoms with E-state index in [1.54, 1.807) is 60.7 Å². The van der Waals surface area contributed by atoms with Crippen LogP contribution in [0.1, 0.15) is 41.4 Å². The number of hydrogen-bond acceptors (Lipinski definition) is 6. The first-order chi connectivity index (χ1) is 14.4. The van der Waals surface area contributed by atoms with Crippen molar-refractivity contribution in [2.75, 3.05) is 0 Å². The summed E-state index contributed by atoms with van der Waals surface area (Å²) < 4.78 is 0. The maximum absolute atomic E-state index is 11.5. The number of carbonyl (C=O) groups excluding carboxylic acids is 2. The smallest absolute Gasteiger partial charge is 0.386 e. The summed E-state index contributed by atoms with van der Waals surface area (Å²) in [5.41, 5.74) is 0.256. The van der Waals surface area contributed by atoms with Crippen LogP contribution in [0.2, 0.25) is 0 Å². The van der Waals surface area contributed by atoms with Gasteiger partial charge in [0, 0.05) is 0 Å². The predicted molar refractivity (Wildman–Crippen MR) is 104 cm³/mol. The second kappa shape index (κ2) is 10.8. The van der Waals surface area contributed by atoms with Gasteiger partial charge in [-0.05, 0) is 36.4 Å². The maximum Gasteiger partial charge on any atom is 0.386 e. The summed E-state index contributed by atoms with van der Waals surface area (Å²) in [6.07, 6.45) is 0. The minimum absolute atomic E-state index is 0.190. The van der Waals surface area contributed by atoms with E-state index in [2.05, 4.69) is 9.78 Å². The summed E-state index contributed by atoms with van der Waals surface area (Å²) in [5.74, 6) is -3.87. The van der Waals surface area contributed by atoms with Gasteiger partial charge in [0.1, 0.15) is 0 Å². The van der Waals surface area contributed by atoms with Gasteiger partial charge < -0.3 is 10.2 Å². The van der Waals surface area contributed by atoms with Crippen LogP contribution in [0.25, 0.3) is 0 Å². The Balaban J connectivity index is 0.000000232. The number of hydrogen-bond donors (Lipinski definition) is 2. The van der Waals surface area contributed by atoms with Crippen LogP contribution in [0.15, 0.2) is 84.9 Å². The zero-order chi connectivity index (χ0) is 21.9. The predicted octanol–water partition coefficient (Wildman–Crippen LogP) is 3.70. The van der Waals surface area contributed by atoms with Gasteiger partial charge in [0.05, 0.1) is 22.3 Å². The number of carbonyl (C=O) groups is 4. The number of aromatic carboxylic acids is 2. The molecule has 3 aromatic carbocycles. The Kier molecular flexibility index (Phi) is 7.84. The topological polar surface area (TPSA) is 127 Å². The molecule has 0 heterocycles. The summed E-state index contributed by atoms with van der Waals surface area (Å²) in [6, 6.07) is 22.0. The molecular weight excluding hydrogens is 392 g/mol. The highest BCUT2D eigenvalue weighted by atomic mass is 17.2. The van der Waals surface area contributed by atoms with E-state index in [0.29, 0.717) is 11.1 Å². The number of benzene rings is 3. The average Bonchev–Trinajstić information content (AvgIpc) is 2.78. The summed E-state index contributed by atoms with van der Waals surface area (Å²) in [6.45, 7) is 0. The Morgan fingerprint density at radius 3 is 1.10 bits per heavy atom. The van der Waals surface area contributed by atoms with Crippen LogP contribution in [-0.4, -0.2) is 34.1 Å². The van der Waals surface area contributed by atoms with Gasteiger partial charge >= 0.3 is 23.9 Å². The van der Waals surface area contributed by atoms with Gasteiger partial charge in [0.25, 0.3) is 0 Å². The maximum atomic E-state index is 11.5. The molecule has 8 heteroatoms. The van der Waals surface area contributed by atoms with Gasteiger partial charge in [-0.3, -0.25) is 0 Å². The van der Waals surface area contributed by atoms with Crippen molar-refractivity contribution in [1.29, 1.82) is 0 Å². The van der Waals surface area contributed by atoms with Crippen LogP contribution in [0.5, 0.6) is 0 Å². The monoisotopic (exact) mass is 408 g/mol. The van der Waals surface area contributed by atoms with Gasteiger partial charge in [-0.1, -0.05) is 48.5 Å². The Morgan fingerprint density at radius 1 is 0.500 bits per heavy atom. The van der Waals surface area contributed by atoms with Crippen molar-refractivity contribution in [2.45, 2.75) is 0 Å². The molecule has 30 heavy (non-hydrogen) atoms. The van der Waals surface area contributed by atoms with Gasteiger partial charge in [0.15, 0.2) is 0 Å². The molecule has 0 unspecified atom stereocenters. The van der Waals surface area contributed by atoms with E-state index in [1.165, 1.54) is 24.3 Å². The molecule has 0 aliphatic heterocycles. The minimum Gasteiger partial charge on any atom is -0.478 e. The molecular formula is C22H16O8. The zero-order valence-corrected chi connectivity index (χ0v) is 15.4. The van der Waals surface area contributed by atoms with Gasteiger partial charge in [-0.25, -0.2) is 29.0 Å². The second-order valence-corrected chi connectivity index (χ2v) is 5.63. The zero-order valence-electron chi connectivity index (χ0n) is 15.4. The van der Waals surface area contributed by atoms with Crippen molar-refractivity contribution >= 4 is 23.9 Å². The van der Waals surface area contributed by atoms with Crippen molar-refractivity contribution in [2.24, 2.45) is 0 Å². The molecule has 0 amide bonds. The number of carboxylic acid groups (broad SMARTS) is 2. The minimum atomic E-state index is -1.23. The normalized spacial score (nSPS) is 9.47. The molecule has 0 spiro atoms. The number of rotatable bonds is 4. The first kappa shape index (κ1) is 21.8. The fourth-order valence-electron chi connectivity index (χ4n) is 2.18. The first-order valence-electron chi connectivity index (χ1n) is 8.49. The standard InChI is InChI=1S/C14H10O4.C8H6O4/c15-13(11-7-3-1-4-8-11)17-18-14(16)12-9-5-2-6-10-12;9-7(10)5-3-1-2-4-6(5)8(11)12/h1-10H;1-4H,(H,9,10)(H,11,12). The molecule has 0 fully saturated rings. The Morgan fingerprint density at radius 2 is 0.800 bits per heavy atom. The van der Waals surface area contributed by atoms with E-state index in [0.717, 1.165) is 0 Å². The Bertz CT molecular complexity index is 945. The van der Waals surface area contributed by atoms with Crippen LogP contribution >= 0.6 is 0 Å². The van der Waals surface area contributed by atoms with Crippen LogP contribution in [-0.2, 0) is 9.78 Å². The van der Waals surface area contributed by atoms with Crippen LogP contribution in [0, 0.1) is 0 Å². The Labute approximate surface area is 170 Å². The van der Waals surface area contributed by atoms with Crippen LogP contribution in [0.3, 0.4) is 0 Å². The van der Waals surface area contributed by atoms with Crippen molar-refractivity contribution in [1.82, 2.24) is 0 Å². The molecule has 0 saturated heterocycles. The lowest BCUT2D eigenvalue weighted by Crippen LogP contribution is -2.11. The van der Waals surface area contributed by atoms with Gasteiger partial charge in [0.2, 0.25) is 0 Å². The second-order valence-electron chi connectivity index (χ2n) is 5.63. The third-order valence-electron chi connectivity index (χ3n) is 3.60. The highest BCUT2D eigenvalue weighted by molar-refractivity contribution is 6.01. The molecule has 0 atom stereocenters. The molecule has 152 valence electrons. The van der Waals surface area contributed by atoms with E-state index < -0.39 is 23.9 Å². The third-order valence-corrected chi connectivity index (χ3v) is 3.60. The summed E-state index contributed by atoms with van der Waals surface area (Å²) in [4.78, 5) is 52.8. The van der Waals surface area contributed by atoms with E-state index in [1.807, 2.05) is 0 Å². The summed E-state index contributed by atoms with van der Waals surface area (Å²) in [7, 11) is 0. The van der Waals surface area contributed by atoms with E-state index in [4.69, 9.17) is 10.2 Å². The highest BCUT2D eigenvalue weighted by Crippen LogP contribution is 2.08. The lowest BCUT2D eigenvalue weighted by molar-refractivity contribution is -0.187. The van der Waals surface area contributed by atoms with E-state index >= 15 is 0 Å². The highest BCUT2D eigenvalue weighted by Gasteiger charge is 2.14. The molecule has 8 nitrogen and oxygen atoms in total. The average molecular weight is 408 g/mol. The Hall–Kier alpha value is -4.46. The molecule has 0 aromatic heterocycles. The van der Waals surface area contributed by atoms with Crippen molar-refractivity contribution in [3.8, 4) is 0 Å². The molecule has 2 N–H and O–H groups in total. The molecule has 0 aliphatic rings. The third kappa shape index (κ3) is 6.31. The molecule has 3 rings (SSSR count). The van der Waals surface area contributed by atoms with Crippen LogP contribution in [0.4, 0.5) is 0 Å². The number of carboxylic acids is 2. The van der Waals surface area contributed by atoms with Crippen LogP contribution < -0.4 is 0 Å². The largest absolute Gasteiger partial charge is 0.478 e. The van der Waals surface area contributed by atoms with Gasteiger partial charge in [-0.15, -0.1) is 0 Å². The van der Waals surface area contributed by atoms with Crippen molar-refractivity contribution < 1.29 is 39.2 Å². The van der Waals surface area contributed by atoms with Crippen molar-refractivity contribution in [3.05, 3.63) is 107 Å². The lowest BCUT2D eigenvalue weighted by Gasteiger charge is -2.02. The fraction of sp³-hybridized carbons (Fsp3) is 0. The van der Waals surface area contributed by atoms with Crippen molar-refractivity contribution in [3.63, 3.8) is 0 Å². The molecule has 0 bridgehead atoms. The SMILES string of the molecule is O=C(O)c1ccccc1C(=O)O.O=C(OOC(=O)c1ccccc1)c1ccccc1.